The summed E-state index contributed by atoms with van der Waals surface area (Å²) in [5, 5.41) is 3.61. The topological polar surface area (TPSA) is 37.8 Å². The molecule has 1 aromatic carbocycles. The molecule has 0 saturated heterocycles. The zero-order valence-corrected chi connectivity index (χ0v) is 10.7. The van der Waals surface area contributed by atoms with E-state index in [1.807, 2.05) is 0 Å². The Hall–Kier alpha value is -1.68. The van der Waals surface area contributed by atoms with Gasteiger partial charge in [-0.1, -0.05) is 18.5 Å². The lowest BCUT2D eigenvalue weighted by Gasteiger charge is -2.10. The molecule has 2 rings (SSSR count). The fourth-order valence-electron chi connectivity index (χ4n) is 1.59. The first kappa shape index (κ1) is 12.8. The van der Waals surface area contributed by atoms with Crippen molar-refractivity contribution in [3.8, 4) is 11.3 Å². The van der Waals surface area contributed by atoms with Gasteiger partial charge in [0.05, 0.1) is 5.02 Å². The zero-order chi connectivity index (χ0) is 13.0. The minimum absolute atomic E-state index is 0.346. The van der Waals surface area contributed by atoms with Crippen molar-refractivity contribution in [1.29, 1.82) is 0 Å². The molecule has 0 spiro atoms. The molecule has 0 aliphatic rings. The molecule has 1 N–H and O–H groups in total. The maximum Gasteiger partial charge on any atom is 0.152 e. The van der Waals surface area contributed by atoms with Gasteiger partial charge in [0, 0.05) is 24.5 Å². The van der Waals surface area contributed by atoms with Crippen molar-refractivity contribution in [2.24, 2.45) is 0 Å². The minimum Gasteiger partial charge on any atom is -0.368 e. The highest BCUT2D eigenvalue weighted by molar-refractivity contribution is 6.33. The van der Waals surface area contributed by atoms with Crippen LogP contribution in [0.3, 0.4) is 0 Å². The van der Waals surface area contributed by atoms with Gasteiger partial charge in [0.15, 0.2) is 5.82 Å². The van der Waals surface area contributed by atoms with Gasteiger partial charge in [0.2, 0.25) is 0 Å². The first-order chi connectivity index (χ1) is 8.72. The van der Waals surface area contributed by atoms with E-state index in [1.54, 1.807) is 12.4 Å². The zero-order valence-electron chi connectivity index (χ0n) is 9.95. The van der Waals surface area contributed by atoms with Gasteiger partial charge in [-0.2, -0.15) is 0 Å². The molecule has 0 radical (unpaired) electrons. The van der Waals surface area contributed by atoms with E-state index in [9.17, 15) is 4.39 Å². The maximum absolute atomic E-state index is 13.3. The molecule has 3 nitrogen and oxygen atoms in total. The number of hydrogen-bond acceptors (Lipinski definition) is 3. The molecule has 0 saturated carbocycles. The van der Waals surface area contributed by atoms with Crippen LogP contribution in [0.1, 0.15) is 13.3 Å². The van der Waals surface area contributed by atoms with Gasteiger partial charge in [-0.25, -0.2) is 9.37 Å². The SMILES string of the molecule is CCCNc1nccnc1-c1cc(F)ccc1Cl. The largest absolute Gasteiger partial charge is 0.368 e. The molecule has 1 aromatic heterocycles. The molecule has 18 heavy (non-hydrogen) atoms. The monoisotopic (exact) mass is 265 g/mol. The molecule has 0 fully saturated rings. The summed E-state index contributed by atoms with van der Waals surface area (Å²) in [5.74, 6) is 0.272. The number of halogens is 2. The standard InChI is InChI=1S/C13H13ClFN3/c1-2-5-17-13-12(16-6-7-18-13)10-8-9(15)3-4-11(10)14/h3-4,6-8H,2,5H2,1H3,(H,17,18). The van der Waals surface area contributed by atoms with Crippen molar-refractivity contribution < 1.29 is 4.39 Å². The molecule has 0 atom stereocenters. The van der Waals surface area contributed by atoms with Crippen LogP contribution in [0.4, 0.5) is 10.2 Å². The lowest BCUT2D eigenvalue weighted by molar-refractivity contribution is 0.628. The highest BCUT2D eigenvalue weighted by Crippen LogP contribution is 2.30. The Labute approximate surface area is 110 Å². The van der Waals surface area contributed by atoms with Crippen LogP contribution in [0.2, 0.25) is 5.02 Å². The van der Waals surface area contributed by atoms with Gasteiger partial charge >= 0.3 is 0 Å². The summed E-state index contributed by atoms with van der Waals surface area (Å²) < 4.78 is 13.3. The lowest BCUT2D eigenvalue weighted by atomic mass is 10.1. The number of rotatable bonds is 4. The van der Waals surface area contributed by atoms with Crippen molar-refractivity contribution in [2.45, 2.75) is 13.3 Å². The third kappa shape index (κ3) is 2.76. The number of nitrogens with one attached hydrogen (secondary N) is 1. The summed E-state index contributed by atoms with van der Waals surface area (Å²) in [5.41, 5.74) is 1.11. The van der Waals surface area contributed by atoms with Crippen molar-refractivity contribution in [2.75, 3.05) is 11.9 Å². The van der Waals surface area contributed by atoms with Gasteiger partial charge in [0.1, 0.15) is 11.5 Å². The van der Waals surface area contributed by atoms with Crippen LogP contribution in [0, 0.1) is 5.82 Å². The van der Waals surface area contributed by atoms with E-state index in [-0.39, 0.29) is 5.82 Å². The Morgan fingerprint density at radius 1 is 1.28 bits per heavy atom. The van der Waals surface area contributed by atoms with Crippen LogP contribution in [0.25, 0.3) is 11.3 Å². The Kier molecular flexibility index (Phi) is 4.10. The maximum atomic E-state index is 13.3. The van der Waals surface area contributed by atoms with E-state index < -0.39 is 0 Å². The second-order valence-corrected chi connectivity index (χ2v) is 4.21. The van der Waals surface area contributed by atoms with Crippen molar-refractivity contribution >= 4 is 17.4 Å². The molecule has 0 aliphatic carbocycles. The highest BCUT2D eigenvalue weighted by Gasteiger charge is 2.11. The number of anilines is 1. The van der Waals surface area contributed by atoms with Crippen molar-refractivity contribution in [1.82, 2.24) is 9.97 Å². The van der Waals surface area contributed by atoms with Gasteiger partial charge in [-0.3, -0.25) is 4.98 Å². The van der Waals surface area contributed by atoms with E-state index in [1.165, 1.54) is 18.2 Å². The van der Waals surface area contributed by atoms with E-state index >= 15 is 0 Å². The predicted octanol–water partition coefficient (Wildman–Crippen LogP) is 3.76. The number of aromatic nitrogens is 2. The molecule has 1 heterocycles. The summed E-state index contributed by atoms with van der Waals surface area (Å²) in [6, 6.07) is 4.20. The van der Waals surface area contributed by atoms with Gasteiger partial charge in [-0.05, 0) is 24.6 Å². The van der Waals surface area contributed by atoms with Crippen LogP contribution in [0.5, 0.6) is 0 Å². The minimum atomic E-state index is -0.346. The summed E-state index contributed by atoms with van der Waals surface area (Å²) in [6.07, 6.45) is 4.12. The summed E-state index contributed by atoms with van der Waals surface area (Å²) in [4.78, 5) is 8.44. The van der Waals surface area contributed by atoms with Gasteiger partial charge in [0.25, 0.3) is 0 Å². The van der Waals surface area contributed by atoms with E-state index in [0.717, 1.165) is 13.0 Å². The molecule has 5 heteroatoms. The average Bonchev–Trinajstić information content (AvgIpc) is 2.39. The molecular weight excluding hydrogens is 253 g/mol. The van der Waals surface area contributed by atoms with Crippen LogP contribution < -0.4 is 5.32 Å². The first-order valence-electron chi connectivity index (χ1n) is 5.72. The molecular formula is C13H13ClFN3. The van der Waals surface area contributed by atoms with Crippen LogP contribution in [-0.4, -0.2) is 16.5 Å². The quantitative estimate of drug-likeness (QED) is 0.915. The normalized spacial score (nSPS) is 10.4. The van der Waals surface area contributed by atoms with Gasteiger partial charge in [-0.15, -0.1) is 0 Å². The first-order valence-corrected chi connectivity index (χ1v) is 6.10. The number of hydrogen-bond donors (Lipinski definition) is 1. The highest BCUT2D eigenvalue weighted by atomic mass is 35.5. The molecule has 0 bridgehead atoms. The smallest absolute Gasteiger partial charge is 0.152 e. The van der Waals surface area contributed by atoms with Crippen LogP contribution >= 0.6 is 11.6 Å². The molecule has 94 valence electrons. The second kappa shape index (κ2) is 5.78. The van der Waals surface area contributed by atoms with E-state index in [2.05, 4.69) is 22.2 Å². The third-order valence-electron chi connectivity index (χ3n) is 2.42. The number of benzene rings is 1. The predicted molar refractivity (Wildman–Crippen MR) is 71.2 cm³/mol. The fourth-order valence-corrected chi connectivity index (χ4v) is 1.79. The Morgan fingerprint density at radius 3 is 2.83 bits per heavy atom. The Morgan fingerprint density at radius 2 is 2.06 bits per heavy atom. The number of nitrogens with zero attached hydrogens (tertiary/aromatic N) is 2. The molecule has 0 amide bonds. The van der Waals surface area contributed by atoms with Crippen LogP contribution in [0.15, 0.2) is 30.6 Å². The average molecular weight is 266 g/mol. The summed E-state index contributed by atoms with van der Waals surface area (Å²) in [7, 11) is 0. The van der Waals surface area contributed by atoms with Crippen LogP contribution in [-0.2, 0) is 0 Å². The second-order valence-electron chi connectivity index (χ2n) is 3.80. The Balaban J connectivity index is 2.46. The van der Waals surface area contributed by atoms with Crippen molar-refractivity contribution in [3.63, 3.8) is 0 Å². The summed E-state index contributed by atoms with van der Waals surface area (Å²) >= 11 is 6.07. The molecule has 0 aliphatic heterocycles. The lowest BCUT2D eigenvalue weighted by Crippen LogP contribution is -2.04. The third-order valence-corrected chi connectivity index (χ3v) is 2.75. The summed E-state index contributed by atoms with van der Waals surface area (Å²) in [6.45, 7) is 2.83. The molecule has 0 unspecified atom stereocenters. The van der Waals surface area contributed by atoms with E-state index in [0.29, 0.717) is 22.1 Å². The molecule has 2 aromatic rings. The van der Waals surface area contributed by atoms with E-state index in [4.69, 9.17) is 11.6 Å². The van der Waals surface area contributed by atoms with Crippen molar-refractivity contribution in [3.05, 3.63) is 41.4 Å². The van der Waals surface area contributed by atoms with Gasteiger partial charge < -0.3 is 5.32 Å². The fraction of sp³-hybridized carbons (Fsp3) is 0.231. The Bertz CT molecular complexity index is 546.